The van der Waals surface area contributed by atoms with Gasteiger partial charge in [0.15, 0.2) is 0 Å². The van der Waals surface area contributed by atoms with Crippen molar-refractivity contribution in [1.82, 2.24) is 14.9 Å². The molecule has 0 saturated carbocycles. The quantitative estimate of drug-likeness (QED) is 0.469. The summed E-state index contributed by atoms with van der Waals surface area (Å²) in [5, 5.41) is 18.9. The molecule has 10 heteroatoms. The maximum absolute atomic E-state index is 11.7. The second-order valence-corrected chi connectivity index (χ2v) is 9.49. The molecule has 2 fully saturated rings. The number of rotatable bonds is 8. The van der Waals surface area contributed by atoms with Gasteiger partial charge in [0.25, 0.3) is 0 Å². The van der Waals surface area contributed by atoms with Crippen LogP contribution in [0.5, 0.6) is 11.5 Å². The standard InChI is InChI=1S/C29H31N5O5/c1-37-27-14-20(2-4-25(27)33-10-12-38-13-11-33)15-28-31-8-6-24(32-28)21-3-5-26(22(16-21)17-30)39-23-7-9-34(18-23)29(36)19-35/h2-6,8,14,16,23,35H,7,9-13,15,18-19H2,1H3/t23-/m1/s1. The van der Waals surface area contributed by atoms with E-state index in [1.807, 2.05) is 18.2 Å². The van der Waals surface area contributed by atoms with Gasteiger partial charge in [0.1, 0.15) is 36.1 Å². The maximum atomic E-state index is 11.7. The molecule has 2 aliphatic rings. The normalized spacial score (nSPS) is 17.1. The number of ether oxygens (including phenoxy) is 3. The minimum Gasteiger partial charge on any atom is -0.495 e. The van der Waals surface area contributed by atoms with E-state index in [4.69, 9.17) is 24.3 Å². The van der Waals surface area contributed by atoms with Crippen molar-refractivity contribution in [1.29, 1.82) is 5.26 Å². The van der Waals surface area contributed by atoms with Crippen LogP contribution in [0, 0.1) is 11.3 Å². The van der Waals surface area contributed by atoms with Crippen LogP contribution in [-0.2, 0) is 16.0 Å². The number of hydrogen-bond donors (Lipinski definition) is 1. The number of benzene rings is 2. The highest BCUT2D eigenvalue weighted by atomic mass is 16.5. The molecule has 0 radical (unpaired) electrons. The first-order valence-corrected chi connectivity index (χ1v) is 13.0. The number of carbonyl (C=O) groups excluding carboxylic acids is 1. The van der Waals surface area contributed by atoms with Crippen LogP contribution >= 0.6 is 0 Å². The minimum atomic E-state index is -0.515. The molecule has 2 aliphatic heterocycles. The fourth-order valence-corrected chi connectivity index (χ4v) is 4.94. The Kier molecular flexibility index (Phi) is 8.20. The largest absolute Gasteiger partial charge is 0.495 e. The van der Waals surface area contributed by atoms with Gasteiger partial charge in [0.05, 0.1) is 43.8 Å². The zero-order valence-electron chi connectivity index (χ0n) is 21.9. The number of amides is 1. The number of morpholine rings is 1. The van der Waals surface area contributed by atoms with Gasteiger partial charge in [-0.1, -0.05) is 6.07 Å². The van der Waals surface area contributed by atoms with E-state index < -0.39 is 6.61 Å². The number of hydrogen-bond acceptors (Lipinski definition) is 9. The molecular weight excluding hydrogens is 498 g/mol. The minimum absolute atomic E-state index is 0.226. The van der Waals surface area contributed by atoms with Crippen LogP contribution in [0.15, 0.2) is 48.7 Å². The van der Waals surface area contributed by atoms with E-state index in [0.29, 0.717) is 62.0 Å². The molecule has 5 rings (SSSR count). The molecule has 3 aromatic rings. The monoisotopic (exact) mass is 529 g/mol. The molecule has 1 N–H and O–H groups in total. The summed E-state index contributed by atoms with van der Waals surface area (Å²) in [4.78, 5) is 24.8. The average molecular weight is 530 g/mol. The Balaban J connectivity index is 1.30. The highest BCUT2D eigenvalue weighted by molar-refractivity contribution is 5.77. The maximum Gasteiger partial charge on any atom is 0.248 e. The molecule has 0 aliphatic carbocycles. The molecule has 10 nitrogen and oxygen atoms in total. The first-order valence-electron chi connectivity index (χ1n) is 13.0. The highest BCUT2D eigenvalue weighted by Gasteiger charge is 2.27. The second-order valence-electron chi connectivity index (χ2n) is 9.49. The molecule has 1 aromatic heterocycles. The SMILES string of the molecule is COc1cc(Cc2nccc(-c3ccc(O[C@@H]4CCN(C(=O)CO)C4)c(C#N)c3)n2)ccc1N1CCOCC1. The van der Waals surface area contributed by atoms with Gasteiger partial charge in [-0.25, -0.2) is 9.97 Å². The van der Waals surface area contributed by atoms with Crippen LogP contribution in [0.1, 0.15) is 23.4 Å². The highest BCUT2D eigenvalue weighted by Crippen LogP contribution is 2.31. The van der Waals surface area contributed by atoms with E-state index in [9.17, 15) is 10.1 Å². The third-order valence-corrected chi connectivity index (χ3v) is 6.99. The molecule has 0 bridgehead atoms. The fourth-order valence-electron chi connectivity index (χ4n) is 4.94. The fraction of sp³-hybridized carbons (Fsp3) is 0.379. The van der Waals surface area contributed by atoms with E-state index in [1.54, 1.807) is 30.3 Å². The van der Waals surface area contributed by atoms with E-state index in [2.05, 4.69) is 28.1 Å². The summed E-state index contributed by atoms with van der Waals surface area (Å²) in [6.45, 7) is 3.47. The van der Waals surface area contributed by atoms with Crippen LogP contribution in [0.25, 0.3) is 11.3 Å². The number of aliphatic hydroxyl groups is 1. The number of carbonyl (C=O) groups is 1. The predicted octanol–water partition coefficient (Wildman–Crippen LogP) is 2.42. The Labute approximate surface area is 227 Å². The van der Waals surface area contributed by atoms with E-state index in [0.717, 1.165) is 35.7 Å². The third-order valence-electron chi connectivity index (χ3n) is 6.99. The van der Waals surface area contributed by atoms with Crippen molar-refractivity contribution in [3.63, 3.8) is 0 Å². The molecule has 3 heterocycles. The summed E-state index contributed by atoms with van der Waals surface area (Å²) >= 11 is 0. The zero-order valence-corrected chi connectivity index (χ0v) is 21.9. The van der Waals surface area contributed by atoms with Crippen molar-refractivity contribution < 1.29 is 24.1 Å². The number of methoxy groups -OCH3 is 1. The topological polar surface area (TPSA) is 121 Å². The van der Waals surface area contributed by atoms with Crippen LogP contribution in [-0.4, -0.2) is 85.1 Å². The van der Waals surface area contributed by atoms with Crippen molar-refractivity contribution in [2.24, 2.45) is 0 Å². The van der Waals surface area contributed by atoms with Gasteiger partial charge in [-0.15, -0.1) is 0 Å². The summed E-state index contributed by atoms with van der Waals surface area (Å²) < 4.78 is 17.2. The van der Waals surface area contributed by atoms with Gasteiger partial charge in [-0.05, 0) is 42.0 Å². The van der Waals surface area contributed by atoms with E-state index in [-0.39, 0.29) is 12.0 Å². The van der Waals surface area contributed by atoms with Crippen molar-refractivity contribution in [2.45, 2.75) is 18.9 Å². The Bertz CT molecular complexity index is 1370. The number of likely N-dealkylation sites (tertiary alicyclic amines) is 1. The van der Waals surface area contributed by atoms with Gasteiger partial charge in [0.2, 0.25) is 5.91 Å². The van der Waals surface area contributed by atoms with Gasteiger partial charge < -0.3 is 29.1 Å². The van der Waals surface area contributed by atoms with Crippen LogP contribution in [0.4, 0.5) is 5.69 Å². The first kappa shape index (κ1) is 26.4. The molecule has 0 unspecified atom stereocenters. The molecule has 2 aromatic carbocycles. The molecule has 1 amide bonds. The smallest absolute Gasteiger partial charge is 0.248 e. The van der Waals surface area contributed by atoms with Crippen molar-refractivity contribution in [3.05, 3.63) is 65.6 Å². The lowest BCUT2D eigenvalue weighted by molar-refractivity contribution is -0.133. The lowest BCUT2D eigenvalue weighted by atomic mass is 10.1. The van der Waals surface area contributed by atoms with Gasteiger partial charge in [-0.3, -0.25) is 4.79 Å². The molecular formula is C29H31N5O5. The van der Waals surface area contributed by atoms with E-state index in [1.165, 1.54) is 0 Å². The van der Waals surface area contributed by atoms with Crippen molar-refractivity contribution >= 4 is 11.6 Å². The second kappa shape index (κ2) is 12.1. The molecule has 0 spiro atoms. The van der Waals surface area contributed by atoms with E-state index >= 15 is 0 Å². The summed E-state index contributed by atoms with van der Waals surface area (Å²) in [6.07, 6.45) is 2.67. The molecule has 1 atom stereocenters. The average Bonchev–Trinajstić information content (AvgIpc) is 3.46. The lowest BCUT2D eigenvalue weighted by Gasteiger charge is -2.30. The number of nitriles is 1. The van der Waals surface area contributed by atoms with Crippen molar-refractivity contribution in [2.75, 3.05) is 58.0 Å². The Hall–Kier alpha value is -4.20. The first-order chi connectivity index (χ1) is 19.1. The number of aromatic nitrogens is 2. The van der Waals surface area contributed by atoms with Crippen LogP contribution in [0.3, 0.4) is 0 Å². The van der Waals surface area contributed by atoms with Crippen LogP contribution < -0.4 is 14.4 Å². The lowest BCUT2D eigenvalue weighted by Crippen LogP contribution is -2.36. The van der Waals surface area contributed by atoms with Crippen LogP contribution in [0.2, 0.25) is 0 Å². The summed E-state index contributed by atoms with van der Waals surface area (Å²) in [7, 11) is 1.68. The van der Waals surface area contributed by atoms with Gasteiger partial charge in [-0.2, -0.15) is 5.26 Å². The van der Waals surface area contributed by atoms with Crippen molar-refractivity contribution in [3.8, 4) is 28.8 Å². The van der Waals surface area contributed by atoms with Gasteiger partial charge >= 0.3 is 0 Å². The predicted molar refractivity (Wildman–Crippen MR) is 144 cm³/mol. The number of nitrogens with zero attached hydrogens (tertiary/aromatic N) is 5. The Morgan fingerprint density at radius 3 is 2.77 bits per heavy atom. The molecule has 2 saturated heterocycles. The molecule has 39 heavy (non-hydrogen) atoms. The number of anilines is 1. The zero-order chi connectivity index (χ0) is 27.2. The third kappa shape index (κ3) is 6.11. The van der Waals surface area contributed by atoms with Gasteiger partial charge in [0, 0.05) is 44.2 Å². The Morgan fingerprint density at radius 1 is 1.15 bits per heavy atom. The molecule has 202 valence electrons. The number of aliphatic hydroxyl groups excluding tert-OH is 1. The summed E-state index contributed by atoms with van der Waals surface area (Å²) in [5.74, 6) is 1.62. The summed E-state index contributed by atoms with van der Waals surface area (Å²) in [5.41, 5.74) is 3.97. The summed E-state index contributed by atoms with van der Waals surface area (Å²) in [6, 6.07) is 15.6. The Morgan fingerprint density at radius 2 is 2.00 bits per heavy atom.